The van der Waals surface area contributed by atoms with Gasteiger partial charge in [0.15, 0.2) is 0 Å². The second-order valence-corrected chi connectivity index (χ2v) is 4.85. The van der Waals surface area contributed by atoms with Gasteiger partial charge in [-0.15, -0.1) is 0 Å². The Kier molecular flexibility index (Phi) is 11.5. The molecule has 0 spiro atoms. The standard InChI is InChI=1S/C16H31N/c1-5-9-11-15(7-3)13-17-14-16(8-4)12-10-6-2/h13-15H,5-12H2,1-4H3/b16-14+,17-13+. The first-order valence-electron chi connectivity index (χ1n) is 7.49. The van der Waals surface area contributed by atoms with Gasteiger partial charge in [-0.25, -0.2) is 0 Å². The monoisotopic (exact) mass is 237 g/mol. The minimum Gasteiger partial charge on any atom is -0.269 e. The minimum atomic E-state index is 0.676. The van der Waals surface area contributed by atoms with Gasteiger partial charge in [-0.1, -0.05) is 52.5 Å². The number of allylic oxidation sites excluding steroid dienone is 1. The van der Waals surface area contributed by atoms with E-state index in [1.807, 2.05) is 0 Å². The molecule has 1 unspecified atom stereocenters. The molecule has 0 aromatic heterocycles. The van der Waals surface area contributed by atoms with Gasteiger partial charge in [0.05, 0.1) is 0 Å². The Labute approximate surface area is 108 Å². The van der Waals surface area contributed by atoms with Gasteiger partial charge in [0.25, 0.3) is 0 Å². The number of rotatable bonds is 10. The van der Waals surface area contributed by atoms with Crippen molar-refractivity contribution >= 4 is 6.21 Å². The molecule has 1 atom stereocenters. The van der Waals surface area contributed by atoms with Crippen molar-refractivity contribution in [3.05, 3.63) is 11.8 Å². The highest BCUT2D eigenvalue weighted by Crippen LogP contribution is 2.13. The summed E-state index contributed by atoms with van der Waals surface area (Å²) in [7, 11) is 0. The highest BCUT2D eigenvalue weighted by molar-refractivity contribution is 5.61. The number of aliphatic imine (C=N–C) groups is 1. The summed E-state index contributed by atoms with van der Waals surface area (Å²) in [6.07, 6.45) is 14.3. The van der Waals surface area contributed by atoms with Gasteiger partial charge in [0.2, 0.25) is 0 Å². The molecule has 0 fully saturated rings. The molecule has 0 aromatic rings. The van der Waals surface area contributed by atoms with Crippen LogP contribution in [0.25, 0.3) is 0 Å². The molecule has 1 nitrogen and oxygen atoms in total. The average molecular weight is 237 g/mol. The molecule has 0 aromatic carbocycles. The van der Waals surface area contributed by atoms with E-state index in [1.54, 1.807) is 0 Å². The molecule has 0 aliphatic rings. The van der Waals surface area contributed by atoms with Crippen LogP contribution in [0.15, 0.2) is 16.8 Å². The Bertz CT molecular complexity index is 216. The third-order valence-electron chi connectivity index (χ3n) is 3.31. The normalized spacial score (nSPS) is 14.5. The van der Waals surface area contributed by atoms with Crippen molar-refractivity contribution in [2.75, 3.05) is 0 Å². The van der Waals surface area contributed by atoms with Crippen LogP contribution in [0.2, 0.25) is 0 Å². The maximum atomic E-state index is 4.53. The molecule has 0 rings (SSSR count). The Morgan fingerprint density at radius 2 is 1.76 bits per heavy atom. The molecule has 0 amide bonds. The lowest BCUT2D eigenvalue weighted by molar-refractivity contribution is 0.576. The smallest absolute Gasteiger partial charge is 0.0255 e. The lowest BCUT2D eigenvalue weighted by atomic mass is 10.0. The second kappa shape index (κ2) is 11.9. The number of hydrogen-bond acceptors (Lipinski definition) is 1. The number of unbranched alkanes of at least 4 members (excludes halogenated alkanes) is 2. The van der Waals surface area contributed by atoms with Gasteiger partial charge in [-0.3, -0.25) is 4.99 Å². The zero-order valence-corrected chi connectivity index (χ0v) is 12.3. The molecule has 0 heterocycles. The Balaban J connectivity index is 4.11. The first-order valence-corrected chi connectivity index (χ1v) is 7.49. The van der Waals surface area contributed by atoms with E-state index in [0.29, 0.717) is 5.92 Å². The van der Waals surface area contributed by atoms with E-state index in [2.05, 4.69) is 45.1 Å². The molecule has 17 heavy (non-hydrogen) atoms. The Hall–Kier alpha value is -0.590. The van der Waals surface area contributed by atoms with Crippen molar-refractivity contribution in [1.29, 1.82) is 0 Å². The van der Waals surface area contributed by atoms with Gasteiger partial charge in [0, 0.05) is 12.4 Å². The highest BCUT2D eigenvalue weighted by atomic mass is 14.7. The Morgan fingerprint density at radius 1 is 1.06 bits per heavy atom. The topological polar surface area (TPSA) is 12.4 Å². The fraction of sp³-hybridized carbons (Fsp3) is 0.812. The van der Waals surface area contributed by atoms with Gasteiger partial charge in [0.1, 0.15) is 0 Å². The number of hydrogen-bond donors (Lipinski definition) is 0. The maximum Gasteiger partial charge on any atom is 0.0255 e. The predicted octanol–water partition coefficient (Wildman–Crippen LogP) is 5.76. The quantitative estimate of drug-likeness (QED) is 0.428. The molecule has 0 aliphatic carbocycles. The van der Waals surface area contributed by atoms with Crippen LogP contribution in [0.5, 0.6) is 0 Å². The van der Waals surface area contributed by atoms with Crippen molar-refractivity contribution in [3.8, 4) is 0 Å². The SMILES string of the molecule is CCCC/C(=C/N=C/C(CC)CCCC)CC. The van der Waals surface area contributed by atoms with Gasteiger partial charge >= 0.3 is 0 Å². The molecular formula is C16H31N. The summed E-state index contributed by atoms with van der Waals surface area (Å²) in [5.74, 6) is 0.676. The van der Waals surface area contributed by atoms with Gasteiger partial charge in [-0.05, 0) is 38.0 Å². The third kappa shape index (κ3) is 9.14. The fourth-order valence-electron chi connectivity index (χ4n) is 1.86. The van der Waals surface area contributed by atoms with E-state index in [9.17, 15) is 0 Å². The van der Waals surface area contributed by atoms with Crippen molar-refractivity contribution in [1.82, 2.24) is 0 Å². The third-order valence-corrected chi connectivity index (χ3v) is 3.31. The average Bonchev–Trinajstić information content (AvgIpc) is 2.37. The first kappa shape index (κ1) is 16.4. The van der Waals surface area contributed by atoms with Gasteiger partial charge in [-0.2, -0.15) is 0 Å². The Morgan fingerprint density at radius 3 is 2.29 bits per heavy atom. The van der Waals surface area contributed by atoms with Crippen LogP contribution in [-0.2, 0) is 0 Å². The van der Waals surface area contributed by atoms with Crippen molar-refractivity contribution in [2.24, 2.45) is 10.9 Å². The summed E-state index contributed by atoms with van der Waals surface area (Å²) in [5.41, 5.74) is 1.49. The molecule has 0 bridgehead atoms. The summed E-state index contributed by atoms with van der Waals surface area (Å²) in [6, 6.07) is 0. The van der Waals surface area contributed by atoms with Crippen LogP contribution in [0.1, 0.15) is 79.1 Å². The minimum absolute atomic E-state index is 0.676. The maximum absolute atomic E-state index is 4.53. The molecular weight excluding hydrogens is 206 g/mol. The van der Waals surface area contributed by atoms with E-state index in [0.717, 1.165) is 6.42 Å². The predicted molar refractivity (Wildman–Crippen MR) is 79.7 cm³/mol. The molecule has 1 heteroatoms. The summed E-state index contributed by atoms with van der Waals surface area (Å²) in [5, 5.41) is 0. The summed E-state index contributed by atoms with van der Waals surface area (Å²) in [6.45, 7) is 8.98. The summed E-state index contributed by atoms with van der Waals surface area (Å²) in [4.78, 5) is 4.53. The largest absolute Gasteiger partial charge is 0.269 e. The first-order chi connectivity index (χ1) is 8.28. The van der Waals surface area contributed by atoms with Crippen molar-refractivity contribution in [3.63, 3.8) is 0 Å². The van der Waals surface area contributed by atoms with E-state index < -0.39 is 0 Å². The second-order valence-electron chi connectivity index (χ2n) is 4.85. The van der Waals surface area contributed by atoms with Crippen molar-refractivity contribution in [2.45, 2.75) is 79.1 Å². The van der Waals surface area contributed by atoms with Crippen LogP contribution in [0.4, 0.5) is 0 Å². The highest BCUT2D eigenvalue weighted by Gasteiger charge is 2.00. The van der Waals surface area contributed by atoms with Crippen LogP contribution in [0, 0.1) is 5.92 Å². The van der Waals surface area contributed by atoms with Crippen LogP contribution >= 0.6 is 0 Å². The fourth-order valence-corrected chi connectivity index (χ4v) is 1.86. The molecule has 100 valence electrons. The number of nitrogens with zero attached hydrogens (tertiary/aromatic N) is 1. The van der Waals surface area contributed by atoms with E-state index in [1.165, 1.54) is 50.5 Å². The zero-order valence-electron chi connectivity index (χ0n) is 12.3. The molecule has 0 aliphatic heterocycles. The van der Waals surface area contributed by atoms with Crippen LogP contribution < -0.4 is 0 Å². The van der Waals surface area contributed by atoms with E-state index in [4.69, 9.17) is 0 Å². The molecule has 0 radical (unpaired) electrons. The van der Waals surface area contributed by atoms with Crippen LogP contribution in [-0.4, -0.2) is 6.21 Å². The molecule has 0 N–H and O–H groups in total. The lowest BCUT2D eigenvalue weighted by Crippen LogP contribution is -1.99. The van der Waals surface area contributed by atoms with E-state index in [-0.39, 0.29) is 0 Å². The zero-order chi connectivity index (χ0) is 12.9. The summed E-state index contributed by atoms with van der Waals surface area (Å²) >= 11 is 0. The molecule has 0 saturated heterocycles. The lowest BCUT2D eigenvalue weighted by Gasteiger charge is -2.07. The van der Waals surface area contributed by atoms with Crippen molar-refractivity contribution < 1.29 is 0 Å². The van der Waals surface area contributed by atoms with E-state index >= 15 is 0 Å². The van der Waals surface area contributed by atoms with Crippen LogP contribution in [0.3, 0.4) is 0 Å². The molecule has 0 saturated carbocycles. The summed E-state index contributed by atoms with van der Waals surface area (Å²) < 4.78 is 0. The van der Waals surface area contributed by atoms with Gasteiger partial charge < -0.3 is 0 Å².